The van der Waals surface area contributed by atoms with Crippen molar-refractivity contribution in [2.45, 2.75) is 6.92 Å². The number of benzene rings is 1. The molecule has 4 nitrogen and oxygen atoms in total. The molecule has 2 N–H and O–H groups in total. The molecule has 0 aliphatic rings. The molecule has 5 heteroatoms. The van der Waals surface area contributed by atoms with Gasteiger partial charge in [0.15, 0.2) is 5.15 Å². The molecule has 0 aliphatic heterocycles. The number of rotatable bonds is 2. The van der Waals surface area contributed by atoms with Gasteiger partial charge in [-0.2, -0.15) is 0 Å². The molecule has 1 heterocycles. The number of anilines is 1. The summed E-state index contributed by atoms with van der Waals surface area (Å²) in [5.41, 5.74) is 1.62. The monoisotopic (exact) mass is 262 g/mol. The van der Waals surface area contributed by atoms with Crippen LogP contribution in [-0.4, -0.2) is 16.0 Å². The molecule has 2 aromatic rings. The van der Waals surface area contributed by atoms with Crippen LogP contribution < -0.4 is 5.32 Å². The Kier molecular flexibility index (Phi) is 3.48. The maximum atomic E-state index is 12.0. The average molecular weight is 263 g/mol. The number of pyridine rings is 1. The van der Waals surface area contributed by atoms with Crippen molar-refractivity contribution in [3.63, 3.8) is 0 Å². The molecule has 0 spiro atoms. The van der Waals surface area contributed by atoms with Crippen molar-refractivity contribution in [2.24, 2.45) is 0 Å². The first-order valence-electron chi connectivity index (χ1n) is 5.29. The van der Waals surface area contributed by atoms with Crippen LogP contribution in [0.4, 0.5) is 5.69 Å². The fourth-order valence-electron chi connectivity index (χ4n) is 1.57. The topological polar surface area (TPSA) is 62.2 Å². The van der Waals surface area contributed by atoms with Gasteiger partial charge in [0.25, 0.3) is 5.91 Å². The quantitative estimate of drug-likeness (QED) is 0.818. The van der Waals surface area contributed by atoms with E-state index in [0.29, 0.717) is 16.8 Å². The van der Waals surface area contributed by atoms with E-state index in [4.69, 9.17) is 11.6 Å². The molecule has 0 saturated carbocycles. The van der Waals surface area contributed by atoms with E-state index < -0.39 is 0 Å². The van der Waals surface area contributed by atoms with Gasteiger partial charge >= 0.3 is 0 Å². The minimum absolute atomic E-state index is 0.128. The van der Waals surface area contributed by atoms with E-state index in [2.05, 4.69) is 10.3 Å². The molecule has 92 valence electrons. The molecule has 1 aromatic carbocycles. The lowest BCUT2D eigenvalue weighted by molar-refractivity contribution is 0.102. The Morgan fingerprint density at radius 1 is 1.39 bits per heavy atom. The molecule has 1 aromatic heterocycles. The smallest absolute Gasteiger partial charge is 0.256 e. The highest BCUT2D eigenvalue weighted by Gasteiger charge is 2.11. The summed E-state index contributed by atoms with van der Waals surface area (Å²) in [5.74, 6) is -0.161. The number of carbonyl (C=O) groups excluding carboxylic acids is 1. The van der Waals surface area contributed by atoms with Gasteiger partial charge in [-0.05, 0) is 42.8 Å². The number of amides is 1. The predicted molar refractivity (Wildman–Crippen MR) is 70.0 cm³/mol. The van der Waals surface area contributed by atoms with Gasteiger partial charge in [-0.3, -0.25) is 4.79 Å². The number of hydrogen-bond acceptors (Lipinski definition) is 3. The average Bonchev–Trinajstić information content (AvgIpc) is 2.32. The van der Waals surface area contributed by atoms with E-state index in [1.165, 1.54) is 12.1 Å². The summed E-state index contributed by atoms with van der Waals surface area (Å²) in [5, 5.41) is 12.2. The zero-order chi connectivity index (χ0) is 13.1. The molecule has 1 amide bonds. The van der Waals surface area contributed by atoms with Crippen LogP contribution in [0.2, 0.25) is 5.15 Å². The number of aromatic nitrogens is 1. The largest absolute Gasteiger partial charge is 0.508 e. The third kappa shape index (κ3) is 2.60. The summed E-state index contributed by atoms with van der Waals surface area (Å²) in [6, 6.07) is 7.91. The SMILES string of the molecule is Cc1cc(O)ccc1C(=O)Nc1cccnc1Cl. The van der Waals surface area contributed by atoms with E-state index >= 15 is 0 Å². The Morgan fingerprint density at radius 3 is 2.83 bits per heavy atom. The van der Waals surface area contributed by atoms with Crippen molar-refractivity contribution in [1.82, 2.24) is 4.98 Å². The maximum Gasteiger partial charge on any atom is 0.256 e. The van der Waals surface area contributed by atoms with E-state index in [1.807, 2.05) is 0 Å². The Balaban J connectivity index is 2.25. The Labute approximate surface area is 109 Å². The number of nitrogens with one attached hydrogen (secondary N) is 1. The van der Waals surface area contributed by atoms with E-state index in [1.54, 1.807) is 31.3 Å². The van der Waals surface area contributed by atoms with Crippen LogP contribution in [0.3, 0.4) is 0 Å². The van der Waals surface area contributed by atoms with Crippen LogP contribution in [0, 0.1) is 6.92 Å². The molecule has 0 fully saturated rings. The van der Waals surface area contributed by atoms with Crippen molar-refractivity contribution >= 4 is 23.2 Å². The molecule has 0 bridgehead atoms. The fourth-order valence-corrected chi connectivity index (χ4v) is 1.74. The zero-order valence-electron chi connectivity index (χ0n) is 9.64. The molecule has 0 atom stereocenters. The van der Waals surface area contributed by atoms with Crippen LogP contribution >= 0.6 is 11.6 Å². The van der Waals surface area contributed by atoms with Crippen molar-refractivity contribution in [3.05, 3.63) is 52.8 Å². The Hall–Kier alpha value is -2.07. The Bertz CT molecular complexity index is 599. The van der Waals surface area contributed by atoms with E-state index in [9.17, 15) is 9.90 Å². The lowest BCUT2D eigenvalue weighted by Gasteiger charge is -2.08. The summed E-state index contributed by atoms with van der Waals surface area (Å²) in [7, 11) is 0. The van der Waals surface area contributed by atoms with Crippen molar-refractivity contribution in [3.8, 4) is 5.75 Å². The second-order valence-corrected chi connectivity index (χ2v) is 4.15. The number of aryl methyl sites for hydroxylation is 1. The fraction of sp³-hybridized carbons (Fsp3) is 0.0769. The minimum Gasteiger partial charge on any atom is -0.508 e. The second-order valence-electron chi connectivity index (χ2n) is 3.80. The van der Waals surface area contributed by atoms with E-state index in [-0.39, 0.29) is 16.8 Å². The molecule has 18 heavy (non-hydrogen) atoms. The third-order valence-electron chi connectivity index (χ3n) is 2.46. The van der Waals surface area contributed by atoms with Gasteiger partial charge < -0.3 is 10.4 Å². The van der Waals surface area contributed by atoms with Gasteiger partial charge in [-0.25, -0.2) is 4.98 Å². The van der Waals surface area contributed by atoms with Gasteiger partial charge in [0.1, 0.15) is 5.75 Å². The van der Waals surface area contributed by atoms with Crippen LogP contribution in [0.5, 0.6) is 5.75 Å². The summed E-state index contributed by atoms with van der Waals surface area (Å²) in [4.78, 5) is 15.9. The normalized spacial score (nSPS) is 10.1. The first kappa shape index (κ1) is 12.4. The first-order valence-corrected chi connectivity index (χ1v) is 5.67. The molecule has 0 radical (unpaired) electrons. The van der Waals surface area contributed by atoms with Gasteiger partial charge in [0, 0.05) is 11.8 Å². The summed E-state index contributed by atoms with van der Waals surface area (Å²) >= 11 is 5.85. The van der Waals surface area contributed by atoms with Gasteiger partial charge in [0.2, 0.25) is 0 Å². The number of aromatic hydroxyl groups is 1. The molecular weight excluding hydrogens is 252 g/mol. The van der Waals surface area contributed by atoms with Crippen molar-refractivity contribution in [1.29, 1.82) is 0 Å². The molecular formula is C13H11ClN2O2. The van der Waals surface area contributed by atoms with Crippen LogP contribution in [0.15, 0.2) is 36.5 Å². The van der Waals surface area contributed by atoms with Gasteiger partial charge in [-0.1, -0.05) is 11.6 Å². The Morgan fingerprint density at radius 2 is 2.17 bits per heavy atom. The molecule has 0 aliphatic carbocycles. The standard InChI is InChI=1S/C13H11ClN2O2/c1-8-7-9(17)4-5-10(8)13(18)16-11-3-2-6-15-12(11)14/h2-7,17H,1H3,(H,16,18). The van der Waals surface area contributed by atoms with Crippen LogP contribution in [0.25, 0.3) is 0 Å². The summed E-state index contributed by atoms with van der Waals surface area (Å²) in [6.45, 7) is 1.75. The molecule has 0 saturated heterocycles. The van der Waals surface area contributed by atoms with Crippen LogP contribution in [0.1, 0.15) is 15.9 Å². The van der Waals surface area contributed by atoms with E-state index in [0.717, 1.165) is 0 Å². The number of halogens is 1. The van der Waals surface area contributed by atoms with Crippen LogP contribution in [-0.2, 0) is 0 Å². The third-order valence-corrected chi connectivity index (χ3v) is 2.76. The lowest BCUT2D eigenvalue weighted by atomic mass is 10.1. The summed E-state index contributed by atoms with van der Waals surface area (Å²) < 4.78 is 0. The van der Waals surface area contributed by atoms with Crippen molar-refractivity contribution in [2.75, 3.05) is 5.32 Å². The number of carbonyl (C=O) groups is 1. The maximum absolute atomic E-state index is 12.0. The van der Waals surface area contributed by atoms with Gasteiger partial charge in [0.05, 0.1) is 5.69 Å². The highest BCUT2D eigenvalue weighted by molar-refractivity contribution is 6.32. The summed E-state index contributed by atoms with van der Waals surface area (Å²) in [6.07, 6.45) is 1.55. The lowest BCUT2D eigenvalue weighted by Crippen LogP contribution is -2.13. The molecule has 2 rings (SSSR count). The number of phenols is 1. The second kappa shape index (κ2) is 5.06. The van der Waals surface area contributed by atoms with Gasteiger partial charge in [-0.15, -0.1) is 0 Å². The highest BCUT2D eigenvalue weighted by Crippen LogP contribution is 2.20. The number of nitrogens with zero attached hydrogens (tertiary/aromatic N) is 1. The van der Waals surface area contributed by atoms with Crippen molar-refractivity contribution < 1.29 is 9.90 Å². The number of hydrogen-bond donors (Lipinski definition) is 2. The predicted octanol–water partition coefficient (Wildman–Crippen LogP) is 3.00. The highest BCUT2D eigenvalue weighted by atomic mass is 35.5. The minimum atomic E-state index is -0.289. The molecule has 0 unspecified atom stereocenters. The number of phenolic OH excluding ortho intramolecular Hbond substituents is 1. The zero-order valence-corrected chi connectivity index (χ0v) is 10.4. The first-order chi connectivity index (χ1) is 8.58.